The van der Waals surface area contributed by atoms with E-state index in [9.17, 15) is 42.0 Å². The van der Waals surface area contributed by atoms with Gasteiger partial charge >= 0.3 is 41.8 Å². The molecule has 2 aliphatic rings. The van der Waals surface area contributed by atoms with E-state index in [1.165, 1.54) is 12.1 Å². The van der Waals surface area contributed by atoms with Crippen LogP contribution < -0.4 is 0 Å². The van der Waals surface area contributed by atoms with Crippen LogP contribution in [0.25, 0.3) is 0 Å². The topological polar surface area (TPSA) is 264 Å². The Morgan fingerprint density at radius 2 is 0.930 bits per heavy atom. The summed E-state index contributed by atoms with van der Waals surface area (Å²) in [6.45, 7) is 6.64. The highest BCUT2D eigenvalue weighted by atomic mass is 32.2. The third-order valence-corrected chi connectivity index (χ3v) is 9.13. The Hall–Kier alpha value is -4.74. The van der Waals surface area contributed by atoms with Gasteiger partial charge in [-0.2, -0.15) is 8.42 Å². The van der Waals surface area contributed by atoms with Crippen molar-refractivity contribution in [2.45, 2.75) is 122 Å². The van der Waals surface area contributed by atoms with Crippen LogP contribution >= 0.6 is 0 Å². The molecule has 10 atom stereocenters. The molecule has 21 nitrogen and oxygen atoms in total. The summed E-state index contributed by atoms with van der Waals surface area (Å²) in [5.41, 5.74) is 0.810. The van der Waals surface area contributed by atoms with Crippen LogP contribution in [0.15, 0.2) is 29.2 Å². The van der Waals surface area contributed by atoms with Gasteiger partial charge in [0, 0.05) is 48.5 Å². The molecule has 1 aromatic rings. The summed E-state index contributed by atoms with van der Waals surface area (Å²) in [5, 5.41) is 0. The summed E-state index contributed by atoms with van der Waals surface area (Å²) in [4.78, 5) is 85.7. The Kier molecular flexibility index (Phi) is 17.3. The quantitative estimate of drug-likeness (QED) is 0.0886. The minimum Gasteiger partial charge on any atom is -0.463 e. The number of ether oxygens (including phenoxy) is 11. The van der Waals surface area contributed by atoms with Crippen LogP contribution in [-0.2, 0) is 100.0 Å². The van der Waals surface area contributed by atoms with Crippen LogP contribution in [0.2, 0.25) is 0 Å². The normalized spacial score (nSPS) is 27.2. The van der Waals surface area contributed by atoms with E-state index in [1.807, 2.05) is 0 Å². The maximum Gasteiger partial charge on any atom is 0.303 e. The number of carbonyl (C=O) groups excluding carboxylic acids is 7. The molecule has 318 valence electrons. The van der Waals surface area contributed by atoms with E-state index >= 15 is 0 Å². The van der Waals surface area contributed by atoms with Crippen LogP contribution in [0.1, 0.15) is 54.0 Å². The molecule has 0 bridgehead atoms. The van der Waals surface area contributed by atoms with Gasteiger partial charge in [-0.3, -0.25) is 37.7 Å². The van der Waals surface area contributed by atoms with Crippen LogP contribution in [0.3, 0.4) is 0 Å². The number of hydrogen-bond acceptors (Lipinski definition) is 21. The van der Waals surface area contributed by atoms with Crippen molar-refractivity contribution in [3.63, 3.8) is 0 Å². The van der Waals surface area contributed by atoms with Crippen molar-refractivity contribution in [2.75, 3.05) is 26.4 Å². The van der Waals surface area contributed by atoms with Crippen molar-refractivity contribution >= 4 is 51.9 Å². The van der Waals surface area contributed by atoms with Gasteiger partial charge in [-0.1, -0.05) is 17.7 Å². The fraction of sp³-hybridized carbons (Fsp3) is 0.629. The van der Waals surface area contributed by atoms with E-state index in [1.54, 1.807) is 19.1 Å². The summed E-state index contributed by atoms with van der Waals surface area (Å²) in [5.74, 6) is -6.25. The second kappa shape index (κ2) is 21.1. The molecule has 3 rings (SSSR count). The lowest BCUT2D eigenvalue weighted by Gasteiger charge is -2.48. The summed E-state index contributed by atoms with van der Waals surface area (Å²) >= 11 is 0. The minimum absolute atomic E-state index is 0.127. The van der Waals surface area contributed by atoms with E-state index in [2.05, 4.69) is 0 Å². The Labute approximate surface area is 327 Å². The maximum atomic E-state index is 12.7. The summed E-state index contributed by atoms with van der Waals surface area (Å²) < 4.78 is 92.3. The predicted octanol–water partition coefficient (Wildman–Crippen LogP) is 0.337. The van der Waals surface area contributed by atoms with Gasteiger partial charge in [-0.05, 0) is 19.1 Å². The van der Waals surface area contributed by atoms with Gasteiger partial charge in [-0.15, -0.1) is 0 Å². The fourth-order valence-corrected chi connectivity index (χ4v) is 6.58. The van der Waals surface area contributed by atoms with Crippen molar-refractivity contribution in [1.82, 2.24) is 0 Å². The average Bonchev–Trinajstić information content (AvgIpc) is 3.08. The third kappa shape index (κ3) is 14.3. The van der Waals surface area contributed by atoms with Gasteiger partial charge in [-0.25, -0.2) is 0 Å². The van der Waals surface area contributed by atoms with Gasteiger partial charge in [0.2, 0.25) is 0 Å². The highest BCUT2D eigenvalue weighted by molar-refractivity contribution is 7.86. The molecule has 2 heterocycles. The first-order valence-corrected chi connectivity index (χ1v) is 18.8. The molecule has 0 radical (unpaired) electrons. The molecule has 1 aromatic carbocycles. The SMILES string of the molecule is CC(=O)OC[C@H]1O[C@@H](O[C@H]2[C@H](OC(C)=O)[C@@H](OC(C)=O)[C@H](OCCOS(=O)(=O)c3ccc(C)cc3)O[C@@H]2COC(C)=O)[C@H](OC(C)=O)[C@@H](OC(C)=O)[C@H]1OC(C)=O. The second-order valence-corrected chi connectivity index (χ2v) is 14.2. The number of esters is 7. The van der Waals surface area contributed by atoms with Gasteiger partial charge in [0.15, 0.2) is 43.1 Å². The molecule has 0 unspecified atom stereocenters. The zero-order chi connectivity index (χ0) is 42.6. The number of benzene rings is 1. The molecule has 2 fully saturated rings. The molecule has 57 heavy (non-hydrogen) atoms. The standard InChI is InChI=1S/C35H46O21S/c1-17-9-11-25(12-10-17)57(43,44)48-14-13-45-34-32(52-23(7)41)31(51-22(6)40)29(27(54-34)16-47-19(3)37)56-35-33(53-24(8)42)30(50-21(5)39)28(49-20(4)38)26(55-35)15-46-18(2)36/h9-12,26-35H,13-16H2,1-8H3/t26-,27-,28+,29-,30+,31+,32-,33-,34-,35+/m1/s1. The lowest BCUT2D eigenvalue weighted by Crippen LogP contribution is -2.67. The molecule has 0 N–H and O–H groups in total. The zero-order valence-electron chi connectivity index (χ0n) is 32.4. The minimum atomic E-state index is -4.23. The first-order valence-electron chi connectivity index (χ1n) is 17.3. The Balaban J connectivity index is 2.06. The molecule has 0 saturated carbocycles. The maximum absolute atomic E-state index is 12.7. The van der Waals surface area contributed by atoms with Crippen molar-refractivity contribution in [3.05, 3.63) is 29.8 Å². The van der Waals surface area contributed by atoms with Crippen molar-refractivity contribution in [2.24, 2.45) is 0 Å². The van der Waals surface area contributed by atoms with Gasteiger partial charge in [0.25, 0.3) is 10.1 Å². The molecular formula is C35H46O21S. The molecule has 0 aliphatic carbocycles. The van der Waals surface area contributed by atoms with Crippen molar-refractivity contribution < 1.29 is 98.3 Å². The molecule has 2 aliphatic heterocycles. The van der Waals surface area contributed by atoms with E-state index in [-0.39, 0.29) is 4.90 Å². The number of hydrogen-bond donors (Lipinski definition) is 0. The molecular weight excluding hydrogens is 788 g/mol. The molecule has 22 heteroatoms. The highest BCUT2D eigenvalue weighted by Gasteiger charge is 2.57. The van der Waals surface area contributed by atoms with E-state index in [4.69, 9.17) is 56.3 Å². The Morgan fingerprint density at radius 3 is 1.40 bits per heavy atom. The summed E-state index contributed by atoms with van der Waals surface area (Å²) in [7, 11) is -4.23. The molecule has 0 amide bonds. The van der Waals surface area contributed by atoms with Crippen LogP contribution in [0.4, 0.5) is 0 Å². The summed E-state index contributed by atoms with van der Waals surface area (Å²) in [6, 6.07) is 5.85. The van der Waals surface area contributed by atoms with Crippen LogP contribution in [-0.4, -0.2) is 138 Å². The highest BCUT2D eigenvalue weighted by Crippen LogP contribution is 2.35. The third-order valence-electron chi connectivity index (χ3n) is 7.80. The van der Waals surface area contributed by atoms with E-state index in [0.717, 1.165) is 54.0 Å². The zero-order valence-corrected chi connectivity index (χ0v) is 33.2. The lowest BCUT2D eigenvalue weighted by atomic mass is 9.96. The second-order valence-electron chi connectivity index (χ2n) is 12.6. The van der Waals surface area contributed by atoms with Gasteiger partial charge in [0.05, 0.1) is 18.1 Å². The van der Waals surface area contributed by atoms with Crippen LogP contribution in [0.5, 0.6) is 0 Å². The Morgan fingerprint density at radius 1 is 0.526 bits per heavy atom. The van der Waals surface area contributed by atoms with Crippen molar-refractivity contribution in [1.29, 1.82) is 0 Å². The first kappa shape index (κ1) is 46.6. The smallest absolute Gasteiger partial charge is 0.303 e. The Bertz CT molecular complexity index is 1710. The molecule has 0 aromatic heterocycles. The number of aryl methyl sites for hydroxylation is 1. The van der Waals surface area contributed by atoms with E-state index in [0.29, 0.717) is 0 Å². The van der Waals surface area contributed by atoms with Gasteiger partial charge in [0.1, 0.15) is 31.5 Å². The van der Waals surface area contributed by atoms with Gasteiger partial charge < -0.3 is 52.1 Å². The van der Waals surface area contributed by atoms with E-state index < -0.39 is 140 Å². The largest absolute Gasteiger partial charge is 0.463 e. The lowest BCUT2D eigenvalue weighted by molar-refractivity contribution is -0.361. The average molecular weight is 835 g/mol. The summed E-state index contributed by atoms with van der Waals surface area (Å²) in [6.07, 6.45) is -16.6. The first-order chi connectivity index (χ1) is 26.7. The fourth-order valence-electron chi connectivity index (χ4n) is 5.69. The molecule has 2 saturated heterocycles. The molecule has 0 spiro atoms. The predicted molar refractivity (Wildman–Crippen MR) is 183 cm³/mol. The number of rotatable bonds is 17. The number of carbonyl (C=O) groups is 7. The van der Waals surface area contributed by atoms with Crippen LogP contribution in [0, 0.1) is 6.92 Å². The van der Waals surface area contributed by atoms with Crippen molar-refractivity contribution in [3.8, 4) is 0 Å². The monoisotopic (exact) mass is 834 g/mol.